The van der Waals surface area contributed by atoms with Gasteiger partial charge in [0, 0.05) is 45.2 Å². The van der Waals surface area contributed by atoms with Crippen LogP contribution in [0, 0.1) is 5.82 Å². The first kappa shape index (κ1) is 20.1. The van der Waals surface area contributed by atoms with Gasteiger partial charge in [0.1, 0.15) is 11.6 Å². The van der Waals surface area contributed by atoms with Gasteiger partial charge in [-0.05, 0) is 47.5 Å². The number of ether oxygens (including phenoxy) is 2. The number of methoxy groups -OCH3 is 2. The van der Waals surface area contributed by atoms with Crippen molar-refractivity contribution in [1.29, 1.82) is 0 Å². The Morgan fingerprint density at radius 1 is 0.929 bits per heavy atom. The van der Waals surface area contributed by atoms with Crippen LogP contribution in [0.15, 0.2) is 66.9 Å². The lowest BCUT2D eigenvalue weighted by molar-refractivity contribution is 0.138. The molecule has 0 aliphatic carbocycles. The summed E-state index contributed by atoms with van der Waals surface area (Å²) in [6.45, 7) is 3.83. The third-order valence-electron chi connectivity index (χ3n) is 4.73. The van der Waals surface area contributed by atoms with Crippen LogP contribution >= 0.6 is 0 Å². The molecule has 0 saturated heterocycles. The summed E-state index contributed by atoms with van der Waals surface area (Å²) in [5.41, 5.74) is 3.49. The molecule has 2 aromatic carbocycles. The van der Waals surface area contributed by atoms with Crippen molar-refractivity contribution in [2.75, 3.05) is 27.4 Å². The van der Waals surface area contributed by atoms with Crippen LogP contribution in [-0.2, 0) is 24.4 Å². The molecule has 4 nitrogen and oxygen atoms in total. The Hall–Kier alpha value is -2.63. The molecule has 1 heterocycles. The fraction of sp³-hybridized carbons (Fsp3) is 0.304. The Morgan fingerprint density at radius 3 is 2.50 bits per heavy atom. The molecule has 148 valence electrons. The van der Waals surface area contributed by atoms with Crippen LogP contribution in [0.1, 0.15) is 16.8 Å². The normalized spacial score (nSPS) is 11.1. The van der Waals surface area contributed by atoms with Gasteiger partial charge in [-0.15, -0.1) is 0 Å². The molecule has 0 radical (unpaired) electrons. The van der Waals surface area contributed by atoms with E-state index in [-0.39, 0.29) is 5.82 Å². The fourth-order valence-electron chi connectivity index (χ4n) is 3.23. The van der Waals surface area contributed by atoms with Crippen molar-refractivity contribution in [2.24, 2.45) is 0 Å². The fourth-order valence-corrected chi connectivity index (χ4v) is 3.23. The molecule has 0 bridgehead atoms. The number of rotatable bonds is 10. The van der Waals surface area contributed by atoms with E-state index >= 15 is 0 Å². The van der Waals surface area contributed by atoms with Crippen molar-refractivity contribution in [3.05, 3.63) is 89.5 Å². The quantitative estimate of drug-likeness (QED) is 0.522. The Kier molecular flexibility index (Phi) is 7.23. The molecule has 0 aliphatic rings. The van der Waals surface area contributed by atoms with Crippen molar-refractivity contribution in [1.82, 2.24) is 9.47 Å². The third-order valence-corrected chi connectivity index (χ3v) is 4.73. The van der Waals surface area contributed by atoms with E-state index < -0.39 is 0 Å². The predicted molar refractivity (Wildman–Crippen MR) is 109 cm³/mol. The number of halogens is 1. The van der Waals surface area contributed by atoms with Gasteiger partial charge >= 0.3 is 0 Å². The summed E-state index contributed by atoms with van der Waals surface area (Å²) in [7, 11) is 3.41. The molecular weight excluding hydrogens is 355 g/mol. The second-order valence-electron chi connectivity index (χ2n) is 6.81. The summed E-state index contributed by atoms with van der Waals surface area (Å²) in [5, 5.41) is 0. The van der Waals surface area contributed by atoms with Crippen LogP contribution in [-0.4, -0.2) is 36.8 Å². The van der Waals surface area contributed by atoms with E-state index in [1.54, 1.807) is 14.2 Å². The van der Waals surface area contributed by atoms with Gasteiger partial charge in [-0.2, -0.15) is 0 Å². The van der Waals surface area contributed by atoms with Gasteiger partial charge in [0.05, 0.1) is 13.7 Å². The molecule has 0 unspecified atom stereocenters. The van der Waals surface area contributed by atoms with E-state index in [1.807, 2.05) is 24.3 Å². The van der Waals surface area contributed by atoms with Gasteiger partial charge in [0.25, 0.3) is 0 Å². The molecule has 3 rings (SSSR count). The lowest BCUT2D eigenvalue weighted by Gasteiger charge is -2.23. The molecule has 28 heavy (non-hydrogen) atoms. The minimum Gasteiger partial charge on any atom is -0.497 e. The molecule has 0 fully saturated rings. The highest BCUT2D eigenvalue weighted by atomic mass is 19.1. The second-order valence-corrected chi connectivity index (χ2v) is 6.81. The van der Waals surface area contributed by atoms with Crippen LogP contribution < -0.4 is 4.74 Å². The number of nitrogens with zero attached hydrogens (tertiary/aromatic N) is 2. The van der Waals surface area contributed by atoms with E-state index in [0.29, 0.717) is 6.61 Å². The maximum Gasteiger partial charge on any atom is 0.123 e. The number of benzene rings is 2. The Bertz CT molecular complexity index is 861. The molecule has 0 spiro atoms. The Balaban J connectivity index is 1.72. The summed E-state index contributed by atoms with van der Waals surface area (Å²) in [4.78, 5) is 2.36. The van der Waals surface area contributed by atoms with E-state index in [4.69, 9.17) is 9.47 Å². The SMILES string of the molecule is COCCN(Cc1cccc(OC)c1)Cc1cccn1Cc1ccc(F)cc1. The molecule has 3 aromatic rings. The first-order valence-electron chi connectivity index (χ1n) is 9.40. The Labute approximate surface area is 166 Å². The smallest absolute Gasteiger partial charge is 0.123 e. The van der Waals surface area contributed by atoms with E-state index in [9.17, 15) is 4.39 Å². The van der Waals surface area contributed by atoms with Crippen molar-refractivity contribution in [3.8, 4) is 5.75 Å². The summed E-state index contributed by atoms with van der Waals surface area (Å²) >= 11 is 0. The highest BCUT2D eigenvalue weighted by molar-refractivity contribution is 5.28. The van der Waals surface area contributed by atoms with Gasteiger partial charge < -0.3 is 14.0 Å². The predicted octanol–water partition coefficient (Wildman–Crippen LogP) is 4.33. The lowest BCUT2D eigenvalue weighted by Crippen LogP contribution is -2.27. The van der Waals surface area contributed by atoms with E-state index in [0.717, 1.165) is 37.5 Å². The molecule has 5 heteroatoms. The average molecular weight is 382 g/mol. The maximum atomic E-state index is 13.2. The largest absolute Gasteiger partial charge is 0.497 e. The number of aromatic nitrogens is 1. The van der Waals surface area contributed by atoms with Gasteiger partial charge in [-0.25, -0.2) is 4.39 Å². The number of hydrogen-bond acceptors (Lipinski definition) is 3. The van der Waals surface area contributed by atoms with Gasteiger partial charge in [0.15, 0.2) is 0 Å². The average Bonchev–Trinajstić information content (AvgIpc) is 3.14. The molecule has 0 N–H and O–H groups in total. The van der Waals surface area contributed by atoms with Crippen molar-refractivity contribution in [2.45, 2.75) is 19.6 Å². The summed E-state index contributed by atoms with van der Waals surface area (Å²) in [6.07, 6.45) is 2.07. The first-order chi connectivity index (χ1) is 13.7. The zero-order valence-corrected chi connectivity index (χ0v) is 16.5. The molecular formula is C23H27FN2O2. The van der Waals surface area contributed by atoms with Gasteiger partial charge in [-0.3, -0.25) is 4.90 Å². The zero-order chi connectivity index (χ0) is 19.8. The van der Waals surface area contributed by atoms with Crippen molar-refractivity contribution >= 4 is 0 Å². The van der Waals surface area contributed by atoms with Crippen LogP contribution in [0.5, 0.6) is 5.75 Å². The van der Waals surface area contributed by atoms with E-state index in [2.05, 4.69) is 39.9 Å². The van der Waals surface area contributed by atoms with Crippen LogP contribution in [0.2, 0.25) is 0 Å². The highest BCUT2D eigenvalue weighted by Gasteiger charge is 2.11. The minimum atomic E-state index is -0.208. The maximum absolute atomic E-state index is 13.2. The lowest BCUT2D eigenvalue weighted by atomic mass is 10.2. The van der Waals surface area contributed by atoms with Crippen LogP contribution in [0.4, 0.5) is 4.39 Å². The summed E-state index contributed by atoms with van der Waals surface area (Å²) < 4.78 is 26.0. The van der Waals surface area contributed by atoms with Crippen molar-refractivity contribution < 1.29 is 13.9 Å². The van der Waals surface area contributed by atoms with Crippen molar-refractivity contribution in [3.63, 3.8) is 0 Å². The summed E-state index contributed by atoms with van der Waals surface area (Å²) in [6, 6.07) is 19.0. The van der Waals surface area contributed by atoms with Crippen LogP contribution in [0.25, 0.3) is 0 Å². The van der Waals surface area contributed by atoms with Crippen LogP contribution in [0.3, 0.4) is 0 Å². The molecule has 1 aromatic heterocycles. The zero-order valence-electron chi connectivity index (χ0n) is 16.5. The molecule has 0 atom stereocenters. The molecule has 0 aliphatic heterocycles. The molecule has 0 saturated carbocycles. The minimum absolute atomic E-state index is 0.208. The highest BCUT2D eigenvalue weighted by Crippen LogP contribution is 2.17. The summed E-state index contributed by atoms with van der Waals surface area (Å²) in [5.74, 6) is 0.657. The standard InChI is InChI=1S/C23H27FN2O2/c1-27-14-13-25(16-20-5-3-7-23(15-20)28-2)18-22-6-4-12-26(22)17-19-8-10-21(24)11-9-19/h3-12,15H,13-14,16-18H2,1-2H3. The third kappa shape index (κ3) is 5.68. The first-order valence-corrected chi connectivity index (χ1v) is 9.40. The topological polar surface area (TPSA) is 26.6 Å². The monoisotopic (exact) mass is 382 g/mol. The van der Waals surface area contributed by atoms with E-state index in [1.165, 1.54) is 23.4 Å². The van der Waals surface area contributed by atoms with Gasteiger partial charge in [-0.1, -0.05) is 24.3 Å². The Morgan fingerprint density at radius 2 is 1.75 bits per heavy atom. The second kappa shape index (κ2) is 10.1. The van der Waals surface area contributed by atoms with Gasteiger partial charge in [0.2, 0.25) is 0 Å². The molecule has 0 amide bonds. The number of hydrogen-bond donors (Lipinski definition) is 0.